The number of nitrogens with one attached hydrogen (secondary N) is 1. The maximum Gasteiger partial charge on any atom is 0.387 e. The smallest absolute Gasteiger partial charge is 0.387 e. The van der Waals surface area contributed by atoms with Crippen LogP contribution in [0.5, 0.6) is 11.5 Å². The van der Waals surface area contributed by atoms with E-state index in [1.807, 2.05) is 42.0 Å². The average molecular weight is 427 g/mol. The van der Waals surface area contributed by atoms with Crippen LogP contribution < -0.4 is 14.8 Å². The van der Waals surface area contributed by atoms with Gasteiger partial charge in [0.25, 0.3) is 0 Å². The van der Waals surface area contributed by atoms with Gasteiger partial charge in [-0.25, -0.2) is 4.98 Å². The summed E-state index contributed by atoms with van der Waals surface area (Å²) in [5.41, 5.74) is 2.37. The highest BCUT2D eigenvalue weighted by Crippen LogP contribution is 2.30. The van der Waals surface area contributed by atoms with Crippen molar-refractivity contribution >= 4 is 17.7 Å². The zero-order valence-corrected chi connectivity index (χ0v) is 17.2. The summed E-state index contributed by atoms with van der Waals surface area (Å²) in [7, 11) is 0. The molecule has 31 heavy (non-hydrogen) atoms. The third-order valence-corrected chi connectivity index (χ3v) is 4.41. The normalized spacial score (nSPS) is 11.1. The molecule has 0 saturated heterocycles. The molecule has 162 valence electrons. The fraction of sp³-hybridized carbons (Fsp3) is 0.217. The van der Waals surface area contributed by atoms with E-state index < -0.39 is 6.61 Å². The molecule has 3 rings (SSSR count). The molecule has 1 heterocycles. The largest absolute Gasteiger partial charge is 0.490 e. The zero-order valence-electron chi connectivity index (χ0n) is 17.2. The number of halogens is 2. The predicted octanol–water partition coefficient (Wildman–Crippen LogP) is 4.89. The molecule has 0 aliphatic heterocycles. The summed E-state index contributed by atoms with van der Waals surface area (Å²) in [5, 5.41) is 2.79. The van der Waals surface area contributed by atoms with Crippen LogP contribution in [0.15, 0.2) is 60.9 Å². The summed E-state index contributed by atoms with van der Waals surface area (Å²) in [4.78, 5) is 16.4. The van der Waals surface area contributed by atoms with E-state index in [1.54, 1.807) is 25.3 Å². The van der Waals surface area contributed by atoms with Gasteiger partial charge in [-0.1, -0.05) is 18.2 Å². The van der Waals surface area contributed by atoms with E-state index in [0.717, 1.165) is 11.4 Å². The first-order valence-corrected chi connectivity index (χ1v) is 9.72. The van der Waals surface area contributed by atoms with E-state index in [4.69, 9.17) is 4.74 Å². The number of benzene rings is 2. The molecule has 3 aromatic rings. The fourth-order valence-electron chi connectivity index (χ4n) is 2.91. The lowest BCUT2D eigenvalue weighted by Gasteiger charge is -2.11. The van der Waals surface area contributed by atoms with Crippen molar-refractivity contribution < 1.29 is 23.0 Å². The molecule has 0 spiro atoms. The molecule has 2 aromatic carbocycles. The van der Waals surface area contributed by atoms with Gasteiger partial charge in [-0.2, -0.15) is 8.78 Å². The van der Waals surface area contributed by atoms with Crippen molar-refractivity contribution in [1.29, 1.82) is 0 Å². The molecule has 0 unspecified atom stereocenters. The van der Waals surface area contributed by atoms with Crippen LogP contribution in [0, 0.1) is 6.92 Å². The summed E-state index contributed by atoms with van der Waals surface area (Å²) in [6, 6.07) is 12.0. The van der Waals surface area contributed by atoms with Gasteiger partial charge in [0.2, 0.25) is 5.91 Å². The minimum Gasteiger partial charge on any atom is -0.490 e. The molecule has 0 aliphatic carbocycles. The Morgan fingerprint density at radius 2 is 1.97 bits per heavy atom. The van der Waals surface area contributed by atoms with Crippen LogP contribution in [0.1, 0.15) is 23.9 Å². The quantitative estimate of drug-likeness (QED) is 0.494. The Morgan fingerprint density at radius 1 is 1.19 bits per heavy atom. The molecular formula is C23H23F2N3O3. The molecule has 1 aromatic heterocycles. The standard InChI is InChI=1S/C23H23F2N3O3/c1-3-30-21-14-17(6-10-20(21)31-23(24)25)7-11-22(29)27-19-8-4-18(5-9-19)15-28-13-12-26-16(28)2/h4-14,23H,3,15H2,1-2H3,(H,27,29)/b11-7+. The van der Waals surface area contributed by atoms with Crippen LogP contribution in [0.4, 0.5) is 14.5 Å². The summed E-state index contributed by atoms with van der Waals surface area (Å²) in [6.45, 7) is 1.74. The van der Waals surface area contributed by atoms with Crippen molar-refractivity contribution in [2.45, 2.75) is 27.0 Å². The number of imidazole rings is 1. The minimum absolute atomic E-state index is 0.0515. The molecule has 0 fully saturated rings. The first kappa shape index (κ1) is 22.0. The van der Waals surface area contributed by atoms with Crippen LogP contribution in [0.3, 0.4) is 0 Å². The molecule has 0 radical (unpaired) electrons. The van der Waals surface area contributed by atoms with E-state index in [2.05, 4.69) is 15.0 Å². The first-order chi connectivity index (χ1) is 14.9. The number of rotatable bonds is 9. The second kappa shape index (κ2) is 10.4. The maximum absolute atomic E-state index is 12.5. The summed E-state index contributed by atoms with van der Waals surface area (Å²) < 4.78 is 36.8. The number of amides is 1. The minimum atomic E-state index is -2.94. The van der Waals surface area contributed by atoms with Gasteiger partial charge in [0.05, 0.1) is 6.61 Å². The number of hydrogen-bond donors (Lipinski definition) is 1. The van der Waals surface area contributed by atoms with E-state index in [0.29, 0.717) is 24.4 Å². The lowest BCUT2D eigenvalue weighted by atomic mass is 10.1. The highest BCUT2D eigenvalue weighted by atomic mass is 19.3. The van der Waals surface area contributed by atoms with Crippen LogP contribution in [-0.2, 0) is 11.3 Å². The predicted molar refractivity (Wildman–Crippen MR) is 114 cm³/mol. The number of anilines is 1. The SMILES string of the molecule is CCOc1cc(/C=C/C(=O)Nc2ccc(Cn3ccnc3C)cc2)ccc1OC(F)F. The Morgan fingerprint density at radius 3 is 2.61 bits per heavy atom. The number of ether oxygens (including phenoxy) is 2. The second-order valence-electron chi connectivity index (χ2n) is 6.64. The van der Waals surface area contributed by atoms with Crippen molar-refractivity contribution in [2.24, 2.45) is 0 Å². The second-order valence-corrected chi connectivity index (χ2v) is 6.64. The molecule has 0 aliphatic rings. The van der Waals surface area contributed by atoms with Gasteiger partial charge in [-0.05, 0) is 55.3 Å². The number of alkyl halides is 2. The van der Waals surface area contributed by atoms with Crippen LogP contribution in [-0.4, -0.2) is 28.7 Å². The van der Waals surface area contributed by atoms with E-state index in [1.165, 1.54) is 18.2 Å². The third-order valence-electron chi connectivity index (χ3n) is 4.41. The zero-order chi connectivity index (χ0) is 22.2. The summed E-state index contributed by atoms with van der Waals surface area (Å²) in [6.07, 6.45) is 6.60. The van der Waals surface area contributed by atoms with Crippen LogP contribution >= 0.6 is 0 Å². The molecule has 1 amide bonds. The van der Waals surface area contributed by atoms with E-state index >= 15 is 0 Å². The lowest BCUT2D eigenvalue weighted by molar-refractivity contribution is -0.111. The summed E-state index contributed by atoms with van der Waals surface area (Å²) in [5.74, 6) is 0.756. The molecule has 1 N–H and O–H groups in total. The van der Waals surface area contributed by atoms with Crippen LogP contribution in [0.25, 0.3) is 6.08 Å². The maximum atomic E-state index is 12.5. The number of carbonyl (C=O) groups is 1. The monoisotopic (exact) mass is 427 g/mol. The van der Waals surface area contributed by atoms with Gasteiger partial charge in [0, 0.05) is 30.7 Å². The molecule has 0 atom stereocenters. The number of carbonyl (C=O) groups excluding carboxylic acids is 1. The Labute approximate surface area is 179 Å². The van der Waals surface area contributed by atoms with Crippen molar-refractivity contribution in [2.75, 3.05) is 11.9 Å². The number of hydrogen-bond acceptors (Lipinski definition) is 4. The van der Waals surface area contributed by atoms with Gasteiger partial charge in [-0.3, -0.25) is 4.79 Å². The number of aryl methyl sites for hydroxylation is 1. The highest BCUT2D eigenvalue weighted by Gasteiger charge is 2.11. The number of aromatic nitrogens is 2. The summed E-state index contributed by atoms with van der Waals surface area (Å²) >= 11 is 0. The lowest BCUT2D eigenvalue weighted by Crippen LogP contribution is -2.08. The van der Waals surface area contributed by atoms with Gasteiger partial charge in [0.1, 0.15) is 5.82 Å². The molecule has 0 bridgehead atoms. The topological polar surface area (TPSA) is 65.4 Å². The molecule has 8 heteroatoms. The Bertz CT molecular complexity index is 1050. The van der Waals surface area contributed by atoms with Gasteiger partial charge < -0.3 is 19.4 Å². The highest BCUT2D eigenvalue weighted by molar-refractivity contribution is 6.01. The number of nitrogens with zero attached hydrogens (tertiary/aromatic N) is 2. The Kier molecular flexibility index (Phi) is 7.37. The van der Waals surface area contributed by atoms with Gasteiger partial charge in [0.15, 0.2) is 11.5 Å². The van der Waals surface area contributed by atoms with Crippen molar-refractivity contribution in [3.63, 3.8) is 0 Å². The molecule has 6 nitrogen and oxygen atoms in total. The molecular weight excluding hydrogens is 404 g/mol. The first-order valence-electron chi connectivity index (χ1n) is 9.72. The molecule has 0 saturated carbocycles. The Hall–Kier alpha value is -3.68. The third kappa shape index (κ3) is 6.40. The van der Waals surface area contributed by atoms with Crippen LogP contribution in [0.2, 0.25) is 0 Å². The van der Waals surface area contributed by atoms with Crippen molar-refractivity contribution in [3.05, 3.63) is 77.9 Å². The Balaban J connectivity index is 1.61. The van der Waals surface area contributed by atoms with E-state index in [-0.39, 0.29) is 17.4 Å². The van der Waals surface area contributed by atoms with Gasteiger partial charge >= 0.3 is 6.61 Å². The van der Waals surface area contributed by atoms with E-state index in [9.17, 15) is 13.6 Å². The van der Waals surface area contributed by atoms with Gasteiger partial charge in [-0.15, -0.1) is 0 Å². The fourth-order valence-corrected chi connectivity index (χ4v) is 2.91. The van der Waals surface area contributed by atoms with Crippen molar-refractivity contribution in [3.8, 4) is 11.5 Å². The average Bonchev–Trinajstić information content (AvgIpc) is 3.14. The van der Waals surface area contributed by atoms with Crippen molar-refractivity contribution in [1.82, 2.24) is 9.55 Å².